The topological polar surface area (TPSA) is 117 Å². The molecule has 3 aromatic rings. The predicted octanol–water partition coefficient (Wildman–Crippen LogP) is 4.64. The minimum Gasteiger partial charge on any atom is -0.351 e. The number of nitro benzene ring substituents is 1. The molecule has 3 heterocycles. The first-order valence-corrected chi connectivity index (χ1v) is 13.1. The number of thioether (sulfide) groups is 1. The average Bonchev–Trinajstić information content (AvgIpc) is 3.53. The molecule has 2 aliphatic heterocycles. The van der Waals surface area contributed by atoms with Gasteiger partial charge in [0, 0.05) is 34.7 Å². The van der Waals surface area contributed by atoms with Crippen molar-refractivity contribution in [3.05, 3.63) is 92.2 Å². The molecule has 1 aromatic heterocycles. The van der Waals surface area contributed by atoms with Crippen LogP contribution in [0.25, 0.3) is 0 Å². The molecule has 0 saturated carbocycles. The number of amidine groups is 2. The molecule has 0 bridgehead atoms. The van der Waals surface area contributed by atoms with Crippen LogP contribution >= 0.6 is 23.1 Å². The van der Waals surface area contributed by atoms with Gasteiger partial charge in [-0.3, -0.25) is 24.7 Å². The van der Waals surface area contributed by atoms with Gasteiger partial charge in [-0.15, -0.1) is 11.3 Å². The van der Waals surface area contributed by atoms with Crippen LogP contribution in [0.4, 0.5) is 11.4 Å². The fourth-order valence-corrected chi connectivity index (χ4v) is 5.50. The van der Waals surface area contributed by atoms with Crippen LogP contribution in [0.1, 0.15) is 28.8 Å². The predicted molar refractivity (Wildman–Crippen MR) is 140 cm³/mol. The summed E-state index contributed by atoms with van der Waals surface area (Å²) in [4.78, 5) is 48.2. The fraction of sp³-hybridized carbons (Fsp3) is 0.200. The minimum atomic E-state index is -0.663. The maximum atomic E-state index is 13.4. The number of rotatable bonds is 8. The Morgan fingerprint density at radius 2 is 1.94 bits per heavy atom. The van der Waals surface area contributed by atoms with Gasteiger partial charge in [0.25, 0.3) is 11.6 Å². The largest absolute Gasteiger partial charge is 0.351 e. The van der Waals surface area contributed by atoms with Crippen LogP contribution < -0.4 is 5.32 Å². The van der Waals surface area contributed by atoms with Crippen molar-refractivity contribution in [3.63, 3.8) is 0 Å². The highest BCUT2D eigenvalue weighted by molar-refractivity contribution is 8.13. The number of para-hydroxylation sites is 1. The SMILES string of the molecule is O=C(CCC1N=C2c3ccccc3N=C(SCc3ccc([N+](=O)[O-])cc3)N2C1=O)NCc1cccs1. The molecule has 182 valence electrons. The number of non-ortho nitro benzene ring substituents is 1. The second-order valence-electron chi connectivity index (χ2n) is 8.16. The van der Waals surface area contributed by atoms with E-state index in [9.17, 15) is 19.7 Å². The van der Waals surface area contributed by atoms with Crippen molar-refractivity contribution >= 4 is 57.3 Å². The molecule has 0 aliphatic carbocycles. The molecule has 0 saturated heterocycles. The summed E-state index contributed by atoms with van der Waals surface area (Å²) in [6, 6.07) is 17.1. The Morgan fingerprint density at radius 1 is 1.14 bits per heavy atom. The molecule has 36 heavy (non-hydrogen) atoms. The number of thiophene rings is 1. The molecule has 1 unspecified atom stereocenters. The smallest absolute Gasteiger partial charge is 0.269 e. The highest BCUT2D eigenvalue weighted by atomic mass is 32.2. The number of aliphatic imine (C=N–C) groups is 2. The number of benzene rings is 2. The van der Waals surface area contributed by atoms with Crippen LogP contribution in [0.5, 0.6) is 0 Å². The van der Waals surface area contributed by atoms with Gasteiger partial charge < -0.3 is 5.32 Å². The van der Waals surface area contributed by atoms with Gasteiger partial charge in [0.15, 0.2) is 5.17 Å². The van der Waals surface area contributed by atoms with E-state index in [0.717, 1.165) is 21.7 Å². The van der Waals surface area contributed by atoms with Gasteiger partial charge in [-0.05, 0) is 35.6 Å². The van der Waals surface area contributed by atoms with Crippen molar-refractivity contribution in [2.75, 3.05) is 0 Å². The molecule has 9 nitrogen and oxygen atoms in total. The molecular formula is C25H21N5O4S2. The second-order valence-corrected chi connectivity index (χ2v) is 10.1. The third-order valence-corrected chi connectivity index (χ3v) is 7.63. The lowest BCUT2D eigenvalue weighted by atomic mass is 10.1. The van der Waals surface area contributed by atoms with Crippen molar-refractivity contribution < 1.29 is 14.5 Å². The molecule has 2 amide bonds. The number of carbonyl (C=O) groups excluding carboxylic acids is 2. The fourth-order valence-electron chi connectivity index (χ4n) is 3.90. The van der Waals surface area contributed by atoms with Gasteiger partial charge in [-0.2, -0.15) is 0 Å². The number of carbonyl (C=O) groups is 2. The molecule has 1 N–H and O–H groups in total. The zero-order valence-electron chi connectivity index (χ0n) is 19.0. The maximum Gasteiger partial charge on any atom is 0.269 e. The summed E-state index contributed by atoms with van der Waals surface area (Å²) >= 11 is 2.95. The van der Waals surface area contributed by atoms with Gasteiger partial charge in [0.2, 0.25) is 5.91 Å². The number of nitrogens with one attached hydrogen (secondary N) is 1. The lowest BCUT2D eigenvalue weighted by molar-refractivity contribution is -0.384. The normalized spacial score (nSPS) is 16.2. The Balaban J connectivity index is 1.28. The molecule has 2 aliphatic rings. The number of fused-ring (bicyclic) bond motifs is 3. The Kier molecular flexibility index (Phi) is 6.92. The lowest BCUT2D eigenvalue weighted by Crippen LogP contribution is -2.41. The lowest BCUT2D eigenvalue weighted by Gasteiger charge is -2.25. The van der Waals surface area contributed by atoms with Crippen molar-refractivity contribution in [1.82, 2.24) is 10.2 Å². The summed E-state index contributed by atoms with van der Waals surface area (Å²) < 4.78 is 0. The Hall–Kier alpha value is -3.83. The number of nitrogens with zero attached hydrogens (tertiary/aromatic N) is 4. The Labute approximate surface area is 215 Å². The summed E-state index contributed by atoms with van der Waals surface area (Å²) in [5, 5.41) is 16.3. The van der Waals surface area contributed by atoms with Crippen LogP contribution in [0.2, 0.25) is 0 Å². The van der Waals surface area contributed by atoms with Crippen LogP contribution in [0.15, 0.2) is 76.0 Å². The second kappa shape index (κ2) is 10.4. The van der Waals surface area contributed by atoms with E-state index < -0.39 is 11.0 Å². The van der Waals surface area contributed by atoms with Crippen molar-refractivity contribution in [2.24, 2.45) is 9.98 Å². The van der Waals surface area contributed by atoms with Crippen LogP contribution in [-0.4, -0.2) is 38.7 Å². The van der Waals surface area contributed by atoms with Gasteiger partial charge in [0.05, 0.1) is 17.2 Å². The molecule has 11 heteroatoms. The quantitative estimate of drug-likeness (QED) is 0.344. The van der Waals surface area contributed by atoms with Crippen LogP contribution in [0.3, 0.4) is 0 Å². The van der Waals surface area contributed by atoms with E-state index in [0.29, 0.717) is 29.7 Å². The number of amides is 2. The molecular weight excluding hydrogens is 498 g/mol. The molecule has 0 spiro atoms. The first-order valence-electron chi connectivity index (χ1n) is 11.2. The van der Waals surface area contributed by atoms with Crippen molar-refractivity contribution in [3.8, 4) is 0 Å². The van der Waals surface area contributed by atoms with Crippen LogP contribution in [0, 0.1) is 10.1 Å². The molecule has 1 atom stereocenters. The zero-order valence-corrected chi connectivity index (χ0v) is 20.6. The highest BCUT2D eigenvalue weighted by Crippen LogP contribution is 2.35. The van der Waals surface area contributed by atoms with Gasteiger partial charge >= 0.3 is 0 Å². The highest BCUT2D eigenvalue weighted by Gasteiger charge is 2.41. The van der Waals surface area contributed by atoms with Gasteiger partial charge in [-0.25, -0.2) is 9.89 Å². The van der Waals surface area contributed by atoms with E-state index in [-0.39, 0.29) is 23.9 Å². The van der Waals surface area contributed by atoms with E-state index in [1.807, 2.05) is 41.8 Å². The standard InChI is InChI=1S/C25H21N5O4S2/c31-22(26-14-18-4-3-13-35-18)12-11-21-24(32)29-23(27-21)19-5-1-2-6-20(19)28-25(29)36-15-16-7-9-17(10-8-16)30(33)34/h1-10,13,21H,11-12,14-15H2,(H,26,31). The van der Waals surface area contributed by atoms with Crippen molar-refractivity contribution in [1.29, 1.82) is 0 Å². The molecule has 5 rings (SSSR count). The summed E-state index contributed by atoms with van der Waals surface area (Å²) in [6.45, 7) is 0.471. The first-order chi connectivity index (χ1) is 17.5. The maximum absolute atomic E-state index is 13.4. The summed E-state index contributed by atoms with van der Waals surface area (Å²) in [5.41, 5.74) is 2.39. The van der Waals surface area contributed by atoms with Gasteiger partial charge in [-0.1, -0.05) is 42.1 Å². The van der Waals surface area contributed by atoms with E-state index in [1.54, 1.807) is 23.5 Å². The Morgan fingerprint density at radius 3 is 2.69 bits per heavy atom. The third-order valence-electron chi connectivity index (χ3n) is 5.75. The summed E-state index contributed by atoms with van der Waals surface area (Å²) in [7, 11) is 0. The molecule has 0 radical (unpaired) electrons. The van der Waals surface area contributed by atoms with Gasteiger partial charge in [0.1, 0.15) is 11.9 Å². The third kappa shape index (κ3) is 5.07. The number of nitro groups is 1. The average molecular weight is 520 g/mol. The molecule has 0 fully saturated rings. The van der Waals surface area contributed by atoms with Crippen molar-refractivity contribution in [2.45, 2.75) is 31.2 Å². The summed E-state index contributed by atoms with van der Waals surface area (Å²) in [5.74, 6) is 0.690. The van der Waals surface area contributed by atoms with E-state index in [2.05, 4.69) is 5.32 Å². The van der Waals surface area contributed by atoms with E-state index in [1.165, 1.54) is 28.8 Å². The first kappa shape index (κ1) is 23.9. The minimum absolute atomic E-state index is 0.0269. The zero-order chi connectivity index (χ0) is 25.1. The summed E-state index contributed by atoms with van der Waals surface area (Å²) in [6.07, 6.45) is 0.494. The monoisotopic (exact) mass is 519 g/mol. The van der Waals surface area contributed by atoms with Crippen LogP contribution in [-0.2, 0) is 21.9 Å². The van der Waals surface area contributed by atoms with E-state index >= 15 is 0 Å². The van der Waals surface area contributed by atoms with E-state index in [4.69, 9.17) is 9.98 Å². The number of hydrogen-bond acceptors (Lipinski definition) is 8. The molecule has 2 aromatic carbocycles. The Bertz CT molecular complexity index is 1370. The number of hydrogen-bond donors (Lipinski definition) is 1.